The molecule has 0 aliphatic carbocycles. The van der Waals surface area contributed by atoms with E-state index in [4.69, 9.17) is 0 Å². The van der Waals surface area contributed by atoms with Crippen LogP contribution >= 0.6 is 15.9 Å². The Balaban J connectivity index is 2.89. The smallest absolute Gasteiger partial charge is 0.137 e. The van der Waals surface area contributed by atoms with E-state index in [0.717, 1.165) is 31.2 Å². The lowest BCUT2D eigenvalue weighted by molar-refractivity contribution is 0.0214. The van der Waals surface area contributed by atoms with Crippen LogP contribution in [0.5, 0.6) is 0 Å². The second-order valence-electron chi connectivity index (χ2n) is 4.61. The zero-order chi connectivity index (χ0) is 12.9. The minimum Gasteiger partial charge on any atom is -0.390 e. The first kappa shape index (κ1) is 14.7. The van der Waals surface area contributed by atoms with Crippen molar-refractivity contribution in [3.63, 3.8) is 0 Å². The van der Waals surface area contributed by atoms with Gasteiger partial charge in [0.2, 0.25) is 0 Å². The SMILES string of the molecule is CCCC(O)(CCC)Cc1cccc(F)c1Br. The van der Waals surface area contributed by atoms with E-state index in [1.54, 1.807) is 6.07 Å². The van der Waals surface area contributed by atoms with Crippen molar-refractivity contribution in [3.8, 4) is 0 Å². The molecule has 1 N–H and O–H groups in total. The highest BCUT2D eigenvalue weighted by atomic mass is 79.9. The van der Waals surface area contributed by atoms with Gasteiger partial charge in [0.15, 0.2) is 0 Å². The van der Waals surface area contributed by atoms with Crippen LogP contribution in [0.15, 0.2) is 22.7 Å². The van der Waals surface area contributed by atoms with E-state index in [9.17, 15) is 9.50 Å². The molecule has 0 bridgehead atoms. The molecule has 0 saturated heterocycles. The Kier molecular flexibility index (Phi) is 5.60. The summed E-state index contributed by atoms with van der Waals surface area (Å²) in [5.41, 5.74) is 0.134. The average Bonchev–Trinajstić information content (AvgIpc) is 2.25. The molecule has 0 fully saturated rings. The number of aliphatic hydroxyl groups is 1. The van der Waals surface area contributed by atoms with E-state index in [1.165, 1.54) is 6.07 Å². The van der Waals surface area contributed by atoms with Crippen LogP contribution in [0.2, 0.25) is 0 Å². The van der Waals surface area contributed by atoms with Crippen LogP contribution in [0.3, 0.4) is 0 Å². The second kappa shape index (κ2) is 6.50. The summed E-state index contributed by atoms with van der Waals surface area (Å²) in [6.45, 7) is 4.11. The molecule has 0 aliphatic rings. The first-order chi connectivity index (χ1) is 8.02. The summed E-state index contributed by atoms with van der Waals surface area (Å²) in [6.07, 6.45) is 3.88. The van der Waals surface area contributed by atoms with Gasteiger partial charge in [0.25, 0.3) is 0 Å². The molecule has 0 saturated carbocycles. The third kappa shape index (κ3) is 4.07. The van der Waals surface area contributed by atoms with E-state index in [2.05, 4.69) is 29.8 Å². The fourth-order valence-electron chi connectivity index (χ4n) is 2.27. The first-order valence-corrected chi connectivity index (χ1v) is 6.97. The molecule has 1 rings (SSSR count). The highest BCUT2D eigenvalue weighted by molar-refractivity contribution is 9.10. The summed E-state index contributed by atoms with van der Waals surface area (Å²) < 4.78 is 13.9. The van der Waals surface area contributed by atoms with Crippen LogP contribution in [0.25, 0.3) is 0 Å². The molecule has 0 aliphatic heterocycles. The van der Waals surface area contributed by atoms with Crippen LogP contribution in [0, 0.1) is 5.82 Å². The topological polar surface area (TPSA) is 20.2 Å². The fraction of sp³-hybridized carbons (Fsp3) is 0.571. The minimum atomic E-state index is -0.709. The largest absolute Gasteiger partial charge is 0.390 e. The molecule has 1 aromatic carbocycles. The Morgan fingerprint density at radius 3 is 2.35 bits per heavy atom. The Morgan fingerprint density at radius 2 is 1.82 bits per heavy atom. The Bertz CT molecular complexity index is 359. The Labute approximate surface area is 111 Å². The van der Waals surface area contributed by atoms with Crippen molar-refractivity contribution < 1.29 is 9.50 Å². The van der Waals surface area contributed by atoms with E-state index >= 15 is 0 Å². The van der Waals surface area contributed by atoms with E-state index < -0.39 is 5.60 Å². The molecule has 1 nitrogen and oxygen atoms in total. The molecular weight excluding hydrogens is 283 g/mol. The van der Waals surface area contributed by atoms with Gasteiger partial charge >= 0.3 is 0 Å². The molecule has 0 aromatic heterocycles. The van der Waals surface area contributed by atoms with Crippen LogP contribution in [0.4, 0.5) is 4.39 Å². The summed E-state index contributed by atoms with van der Waals surface area (Å²) in [5.74, 6) is -0.266. The van der Waals surface area contributed by atoms with Gasteiger partial charge in [-0.15, -0.1) is 0 Å². The van der Waals surface area contributed by atoms with Gasteiger partial charge in [-0.2, -0.15) is 0 Å². The van der Waals surface area contributed by atoms with Crippen molar-refractivity contribution in [2.45, 2.75) is 51.6 Å². The molecule has 3 heteroatoms. The summed E-state index contributed by atoms with van der Waals surface area (Å²) in [6, 6.07) is 4.98. The van der Waals surface area contributed by atoms with Gasteiger partial charge in [-0.05, 0) is 40.4 Å². The number of hydrogen-bond donors (Lipinski definition) is 1. The minimum absolute atomic E-state index is 0.266. The van der Waals surface area contributed by atoms with Gasteiger partial charge < -0.3 is 5.11 Å². The van der Waals surface area contributed by atoms with Crippen molar-refractivity contribution in [2.24, 2.45) is 0 Å². The molecule has 0 atom stereocenters. The van der Waals surface area contributed by atoms with Gasteiger partial charge in [-0.1, -0.05) is 38.8 Å². The summed E-state index contributed by atoms with van der Waals surface area (Å²) in [7, 11) is 0. The maximum atomic E-state index is 13.4. The molecule has 17 heavy (non-hydrogen) atoms. The molecular formula is C14H20BrFO. The Morgan fingerprint density at radius 1 is 1.24 bits per heavy atom. The lowest BCUT2D eigenvalue weighted by Crippen LogP contribution is -2.31. The van der Waals surface area contributed by atoms with Crippen molar-refractivity contribution in [3.05, 3.63) is 34.1 Å². The maximum absolute atomic E-state index is 13.4. The molecule has 0 spiro atoms. The molecule has 0 unspecified atom stereocenters. The molecule has 0 radical (unpaired) electrons. The van der Waals surface area contributed by atoms with Gasteiger partial charge in [-0.25, -0.2) is 4.39 Å². The second-order valence-corrected chi connectivity index (χ2v) is 5.41. The van der Waals surface area contributed by atoms with Gasteiger partial charge in [-0.3, -0.25) is 0 Å². The summed E-state index contributed by atoms with van der Waals surface area (Å²) in [4.78, 5) is 0. The van der Waals surface area contributed by atoms with Crippen LogP contribution in [-0.4, -0.2) is 10.7 Å². The van der Waals surface area contributed by atoms with Crippen molar-refractivity contribution in [1.29, 1.82) is 0 Å². The molecule has 1 aromatic rings. The zero-order valence-electron chi connectivity index (χ0n) is 10.5. The normalized spacial score (nSPS) is 11.8. The van der Waals surface area contributed by atoms with Gasteiger partial charge in [0.1, 0.15) is 5.82 Å². The standard InChI is InChI=1S/C14H20BrFO/c1-3-8-14(17,9-4-2)10-11-6-5-7-12(16)13(11)15/h5-7,17H,3-4,8-10H2,1-2H3. The lowest BCUT2D eigenvalue weighted by atomic mass is 9.86. The fourth-order valence-corrected chi connectivity index (χ4v) is 2.68. The predicted molar refractivity (Wildman–Crippen MR) is 72.6 cm³/mol. The first-order valence-electron chi connectivity index (χ1n) is 6.17. The maximum Gasteiger partial charge on any atom is 0.137 e. The molecule has 0 amide bonds. The quantitative estimate of drug-likeness (QED) is 0.822. The number of hydrogen-bond acceptors (Lipinski definition) is 1. The lowest BCUT2D eigenvalue weighted by Gasteiger charge is -2.28. The van der Waals surface area contributed by atoms with E-state index in [1.807, 2.05) is 6.07 Å². The van der Waals surface area contributed by atoms with Crippen LogP contribution in [0.1, 0.15) is 45.1 Å². The van der Waals surface area contributed by atoms with Crippen molar-refractivity contribution in [1.82, 2.24) is 0 Å². The highest BCUT2D eigenvalue weighted by Gasteiger charge is 2.26. The van der Waals surface area contributed by atoms with E-state index in [0.29, 0.717) is 10.9 Å². The van der Waals surface area contributed by atoms with Gasteiger partial charge in [0, 0.05) is 6.42 Å². The Hall–Kier alpha value is -0.410. The number of rotatable bonds is 6. The third-order valence-corrected chi connectivity index (χ3v) is 3.87. The molecule has 0 heterocycles. The van der Waals surface area contributed by atoms with Crippen molar-refractivity contribution in [2.75, 3.05) is 0 Å². The van der Waals surface area contributed by atoms with Crippen molar-refractivity contribution >= 4 is 15.9 Å². The zero-order valence-corrected chi connectivity index (χ0v) is 12.1. The van der Waals surface area contributed by atoms with Gasteiger partial charge in [0.05, 0.1) is 10.1 Å². The van der Waals surface area contributed by atoms with Crippen LogP contribution in [-0.2, 0) is 6.42 Å². The predicted octanol–water partition coefficient (Wildman–Crippen LogP) is 4.46. The highest BCUT2D eigenvalue weighted by Crippen LogP contribution is 2.29. The molecule has 96 valence electrons. The average molecular weight is 303 g/mol. The summed E-state index contributed by atoms with van der Waals surface area (Å²) >= 11 is 3.25. The monoisotopic (exact) mass is 302 g/mol. The third-order valence-electron chi connectivity index (χ3n) is 2.98. The number of benzene rings is 1. The number of halogens is 2. The van der Waals surface area contributed by atoms with Crippen LogP contribution < -0.4 is 0 Å². The van der Waals surface area contributed by atoms with E-state index in [-0.39, 0.29) is 5.82 Å². The summed E-state index contributed by atoms with van der Waals surface area (Å²) in [5, 5.41) is 10.5.